The number of nitrogens with zero attached hydrogens (tertiary/aromatic N) is 5. The number of urea groups is 1. The molecule has 10 nitrogen and oxygen atoms in total. The lowest BCUT2D eigenvalue weighted by Crippen LogP contribution is -2.51. The summed E-state index contributed by atoms with van der Waals surface area (Å²) in [5.41, 5.74) is 0. The van der Waals surface area contributed by atoms with Gasteiger partial charge in [-0.15, -0.1) is 0 Å². The van der Waals surface area contributed by atoms with Crippen molar-refractivity contribution in [3.63, 3.8) is 0 Å². The third-order valence-electron chi connectivity index (χ3n) is 5.83. The zero-order valence-corrected chi connectivity index (χ0v) is 16.7. The summed E-state index contributed by atoms with van der Waals surface area (Å²) in [6.07, 6.45) is 3.14. The van der Waals surface area contributed by atoms with E-state index >= 15 is 0 Å². The van der Waals surface area contributed by atoms with Crippen LogP contribution in [-0.4, -0.2) is 90.5 Å². The van der Waals surface area contributed by atoms with Gasteiger partial charge in [0.2, 0.25) is 5.95 Å². The second kappa shape index (κ2) is 8.81. The number of hydrogen-bond donors (Lipinski definition) is 1. The molecule has 158 valence electrons. The minimum Gasteiger partial charge on any atom is -0.447 e. The first-order valence-electron chi connectivity index (χ1n) is 10.3. The number of nitrogens with one attached hydrogen (secondary N) is 1. The van der Waals surface area contributed by atoms with Gasteiger partial charge in [0.15, 0.2) is 0 Å². The van der Waals surface area contributed by atoms with Crippen molar-refractivity contribution < 1.29 is 19.1 Å². The average Bonchev–Trinajstić information content (AvgIpc) is 3.20. The van der Waals surface area contributed by atoms with Gasteiger partial charge >= 0.3 is 12.1 Å². The van der Waals surface area contributed by atoms with Crippen LogP contribution in [0.5, 0.6) is 0 Å². The Hall–Kier alpha value is -2.62. The summed E-state index contributed by atoms with van der Waals surface area (Å²) in [5.74, 6) is 1.47. The van der Waals surface area contributed by atoms with Crippen molar-refractivity contribution in [1.82, 2.24) is 19.8 Å². The summed E-state index contributed by atoms with van der Waals surface area (Å²) < 4.78 is 10.3. The molecule has 3 fully saturated rings. The molecule has 3 amide bonds. The SMILES string of the molecule is CC(Nc1nccc(N2CCOC2=O)n1)C1CCN(C(=O)N2CCOCC2)CC1. The number of amides is 3. The molecule has 4 rings (SSSR count). The Morgan fingerprint density at radius 2 is 1.86 bits per heavy atom. The molecule has 3 saturated heterocycles. The number of carbonyl (C=O) groups excluding carboxylic acids is 2. The quantitative estimate of drug-likeness (QED) is 0.810. The zero-order chi connectivity index (χ0) is 20.2. The molecule has 0 spiro atoms. The predicted molar refractivity (Wildman–Crippen MR) is 106 cm³/mol. The van der Waals surface area contributed by atoms with Crippen LogP contribution >= 0.6 is 0 Å². The standard InChI is InChI=1S/C19H28N6O4/c1-14(21-17-20-5-2-16(22-17)25-10-13-29-19(25)27)15-3-6-23(7-4-15)18(26)24-8-11-28-12-9-24/h2,5,14-15H,3-4,6-13H2,1H3,(H,20,21,22). The molecule has 0 radical (unpaired) electrons. The Balaban J connectivity index is 1.29. The third kappa shape index (κ3) is 4.52. The maximum atomic E-state index is 12.6. The second-order valence-corrected chi connectivity index (χ2v) is 7.64. The van der Waals surface area contributed by atoms with Gasteiger partial charge in [-0.05, 0) is 31.7 Å². The normalized spacial score (nSPS) is 21.8. The molecule has 3 aliphatic heterocycles. The number of aromatic nitrogens is 2. The van der Waals surface area contributed by atoms with Crippen molar-refractivity contribution in [2.24, 2.45) is 5.92 Å². The number of piperidine rings is 1. The Labute approximate surface area is 170 Å². The zero-order valence-electron chi connectivity index (χ0n) is 16.7. The van der Waals surface area contributed by atoms with Gasteiger partial charge in [0.1, 0.15) is 12.4 Å². The summed E-state index contributed by atoms with van der Waals surface area (Å²) >= 11 is 0. The molecule has 0 saturated carbocycles. The molecule has 1 N–H and O–H groups in total. The lowest BCUT2D eigenvalue weighted by molar-refractivity contribution is 0.0398. The van der Waals surface area contributed by atoms with Crippen LogP contribution in [0.15, 0.2) is 12.3 Å². The van der Waals surface area contributed by atoms with E-state index in [9.17, 15) is 9.59 Å². The molecular formula is C19H28N6O4. The number of ether oxygens (including phenoxy) is 2. The molecule has 4 heterocycles. The van der Waals surface area contributed by atoms with Crippen LogP contribution in [0, 0.1) is 5.92 Å². The van der Waals surface area contributed by atoms with Crippen molar-refractivity contribution in [1.29, 1.82) is 0 Å². The van der Waals surface area contributed by atoms with Gasteiger partial charge in [-0.25, -0.2) is 14.6 Å². The highest BCUT2D eigenvalue weighted by Gasteiger charge is 2.30. The Morgan fingerprint density at radius 1 is 1.14 bits per heavy atom. The third-order valence-corrected chi connectivity index (χ3v) is 5.83. The van der Waals surface area contributed by atoms with E-state index in [1.807, 2.05) is 9.80 Å². The van der Waals surface area contributed by atoms with Gasteiger partial charge in [0.05, 0.1) is 19.8 Å². The highest BCUT2D eigenvalue weighted by molar-refractivity contribution is 5.88. The number of cyclic esters (lactones) is 1. The number of carbonyl (C=O) groups is 2. The number of likely N-dealkylation sites (tertiary alicyclic amines) is 1. The molecule has 1 atom stereocenters. The fraction of sp³-hybridized carbons (Fsp3) is 0.684. The van der Waals surface area contributed by atoms with Crippen molar-refractivity contribution >= 4 is 23.9 Å². The Kier molecular flexibility index (Phi) is 5.98. The van der Waals surface area contributed by atoms with E-state index in [1.54, 1.807) is 12.3 Å². The average molecular weight is 404 g/mol. The first-order chi connectivity index (χ1) is 14.1. The van der Waals surface area contributed by atoms with E-state index in [0.29, 0.717) is 57.1 Å². The molecular weight excluding hydrogens is 376 g/mol. The van der Waals surface area contributed by atoms with E-state index in [1.165, 1.54) is 4.90 Å². The van der Waals surface area contributed by atoms with Crippen molar-refractivity contribution in [3.05, 3.63) is 12.3 Å². The van der Waals surface area contributed by atoms with Gasteiger partial charge in [-0.1, -0.05) is 0 Å². The van der Waals surface area contributed by atoms with E-state index in [2.05, 4.69) is 22.2 Å². The lowest BCUT2D eigenvalue weighted by atomic mass is 9.90. The van der Waals surface area contributed by atoms with E-state index in [0.717, 1.165) is 25.9 Å². The number of anilines is 2. The van der Waals surface area contributed by atoms with Crippen LogP contribution in [-0.2, 0) is 9.47 Å². The Bertz CT molecular complexity index is 733. The van der Waals surface area contributed by atoms with Gasteiger partial charge in [-0.3, -0.25) is 4.90 Å². The summed E-state index contributed by atoms with van der Waals surface area (Å²) in [5, 5.41) is 3.37. The van der Waals surface area contributed by atoms with Gasteiger partial charge in [-0.2, -0.15) is 4.98 Å². The summed E-state index contributed by atoms with van der Waals surface area (Å²) in [4.78, 5) is 38.5. The first kappa shape index (κ1) is 19.7. The fourth-order valence-electron chi connectivity index (χ4n) is 4.04. The Morgan fingerprint density at radius 3 is 2.55 bits per heavy atom. The topological polar surface area (TPSA) is 100 Å². The summed E-state index contributed by atoms with van der Waals surface area (Å²) in [6, 6.07) is 2.00. The second-order valence-electron chi connectivity index (χ2n) is 7.64. The lowest BCUT2D eigenvalue weighted by Gasteiger charge is -2.38. The van der Waals surface area contributed by atoms with Crippen LogP contribution < -0.4 is 10.2 Å². The van der Waals surface area contributed by atoms with Gasteiger partial charge in [0.25, 0.3) is 0 Å². The molecule has 0 aliphatic carbocycles. The highest BCUT2D eigenvalue weighted by atomic mass is 16.6. The van der Waals surface area contributed by atoms with E-state index in [-0.39, 0.29) is 18.2 Å². The van der Waals surface area contributed by atoms with Crippen LogP contribution in [0.2, 0.25) is 0 Å². The van der Waals surface area contributed by atoms with Gasteiger partial charge < -0.3 is 24.6 Å². The molecule has 1 aromatic heterocycles. The van der Waals surface area contributed by atoms with E-state index < -0.39 is 0 Å². The molecule has 10 heteroatoms. The smallest absolute Gasteiger partial charge is 0.415 e. The minimum absolute atomic E-state index is 0.126. The minimum atomic E-state index is -0.375. The maximum absolute atomic E-state index is 12.6. The van der Waals surface area contributed by atoms with Crippen molar-refractivity contribution in [2.75, 3.05) is 62.8 Å². The first-order valence-corrected chi connectivity index (χ1v) is 10.3. The van der Waals surface area contributed by atoms with Gasteiger partial charge in [0, 0.05) is 38.4 Å². The monoisotopic (exact) mass is 404 g/mol. The largest absolute Gasteiger partial charge is 0.447 e. The fourth-order valence-corrected chi connectivity index (χ4v) is 4.04. The predicted octanol–water partition coefficient (Wildman–Crippen LogP) is 1.40. The summed E-state index contributed by atoms with van der Waals surface area (Å²) in [7, 11) is 0. The van der Waals surface area contributed by atoms with Crippen LogP contribution in [0.4, 0.5) is 21.4 Å². The van der Waals surface area contributed by atoms with Crippen molar-refractivity contribution in [2.45, 2.75) is 25.8 Å². The highest BCUT2D eigenvalue weighted by Crippen LogP contribution is 2.24. The molecule has 3 aliphatic rings. The molecule has 0 aromatic carbocycles. The molecule has 1 unspecified atom stereocenters. The number of morpholine rings is 1. The van der Waals surface area contributed by atoms with Crippen molar-refractivity contribution in [3.8, 4) is 0 Å². The molecule has 29 heavy (non-hydrogen) atoms. The van der Waals surface area contributed by atoms with Crippen LogP contribution in [0.25, 0.3) is 0 Å². The molecule has 0 bridgehead atoms. The van der Waals surface area contributed by atoms with Crippen LogP contribution in [0.3, 0.4) is 0 Å². The maximum Gasteiger partial charge on any atom is 0.415 e. The van der Waals surface area contributed by atoms with Crippen LogP contribution in [0.1, 0.15) is 19.8 Å². The van der Waals surface area contributed by atoms with E-state index in [4.69, 9.17) is 9.47 Å². The summed E-state index contributed by atoms with van der Waals surface area (Å²) in [6.45, 7) is 7.11. The number of hydrogen-bond acceptors (Lipinski definition) is 7. The molecule has 1 aromatic rings. The number of rotatable bonds is 4.